The molecule has 1 aromatic heterocycles. The van der Waals surface area contributed by atoms with Crippen LogP contribution >= 0.6 is 0 Å². The second kappa shape index (κ2) is 9.60. The minimum atomic E-state index is -1.06. The number of furan rings is 1. The van der Waals surface area contributed by atoms with Gasteiger partial charge in [0.2, 0.25) is 5.76 Å². The number of ketones is 1. The maximum absolute atomic E-state index is 12.1. The Balaban J connectivity index is 1.66. The first-order valence-corrected chi connectivity index (χ1v) is 11.1. The summed E-state index contributed by atoms with van der Waals surface area (Å²) in [5, 5.41) is 9.92. The Morgan fingerprint density at radius 2 is 1.84 bits per heavy atom. The molecule has 5 heteroatoms. The van der Waals surface area contributed by atoms with Gasteiger partial charge in [-0.05, 0) is 73.1 Å². The van der Waals surface area contributed by atoms with Crippen LogP contribution in [0.25, 0.3) is 11.0 Å². The monoisotopic (exact) mass is 436 g/mol. The molecule has 0 bridgehead atoms. The van der Waals surface area contributed by atoms with Crippen LogP contribution in [0, 0.1) is 12.3 Å². The van der Waals surface area contributed by atoms with Gasteiger partial charge in [-0.3, -0.25) is 4.79 Å². The van der Waals surface area contributed by atoms with Gasteiger partial charge in [0.15, 0.2) is 5.78 Å². The molecule has 0 amide bonds. The van der Waals surface area contributed by atoms with Crippen LogP contribution in [-0.2, 0) is 11.2 Å². The molecular weight excluding hydrogens is 404 g/mol. The van der Waals surface area contributed by atoms with Crippen molar-refractivity contribution in [1.29, 1.82) is 0 Å². The van der Waals surface area contributed by atoms with E-state index in [1.54, 1.807) is 6.07 Å². The summed E-state index contributed by atoms with van der Waals surface area (Å²) in [5.41, 5.74) is 3.64. The maximum Gasteiger partial charge on any atom is 0.371 e. The highest BCUT2D eigenvalue weighted by Gasteiger charge is 2.22. The maximum atomic E-state index is 12.1. The lowest BCUT2D eigenvalue weighted by Gasteiger charge is -2.19. The average molecular weight is 437 g/mol. The van der Waals surface area contributed by atoms with Gasteiger partial charge < -0.3 is 14.3 Å². The second-order valence-corrected chi connectivity index (χ2v) is 9.42. The molecule has 3 rings (SSSR count). The van der Waals surface area contributed by atoms with E-state index in [1.807, 2.05) is 52.0 Å². The SMILES string of the molecule is CCC(CCc1ccc2oc(C(=O)O)cc2c1)c1ccc(OCC(=O)C(C)(C)C)c(C)c1. The molecule has 0 saturated heterocycles. The summed E-state index contributed by atoms with van der Waals surface area (Å²) >= 11 is 0. The number of rotatable bonds is 9. The zero-order valence-electron chi connectivity index (χ0n) is 19.5. The van der Waals surface area contributed by atoms with Crippen LogP contribution < -0.4 is 4.74 Å². The highest BCUT2D eigenvalue weighted by molar-refractivity contribution is 5.91. The van der Waals surface area contributed by atoms with E-state index < -0.39 is 11.4 Å². The highest BCUT2D eigenvalue weighted by atomic mass is 16.5. The molecule has 0 aliphatic heterocycles. The predicted molar refractivity (Wildman–Crippen MR) is 126 cm³/mol. The molecule has 0 aliphatic carbocycles. The fraction of sp³-hybridized carbons (Fsp3) is 0.407. The first-order valence-electron chi connectivity index (χ1n) is 11.1. The number of benzene rings is 2. The van der Waals surface area contributed by atoms with Crippen molar-refractivity contribution in [1.82, 2.24) is 0 Å². The van der Waals surface area contributed by atoms with E-state index in [-0.39, 0.29) is 18.2 Å². The molecule has 0 spiro atoms. The van der Waals surface area contributed by atoms with Crippen molar-refractivity contribution in [3.05, 3.63) is 64.9 Å². The Bertz CT molecular complexity index is 1120. The first kappa shape index (κ1) is 23.6. The lowest BCUT2D eigenvalue weighted by molar-refractivity contribution is -0.128. The van der Waals surface area contributed by atoms with Crippen LogP contribution in [0.5, 0.6) is 5.75 Å². The van der Waals surface area contributed by atoms with Crippen molar-refractivity contribution in [3.63, 3.8) is 0 Å². The van der Waals surface area contributed by atoms with Gasteiger partial charge in [0.1, 0.15) is 17.9 Å². The Labute approximate surface area is 189 Å². The Morgan fingerprint density at radius 1 is 1.09 bits per heavy atom. The third-order valence-corrected chi connectivity index (χ3v) is 5.93. The average Bonchev–Trinajstić information content (AvgIpc) is 3.16. The summed E-state index contributed by atoms with van der Waals surface area (Å²) in [6.45, 7) is 9.98. The summed E-state index contributed by atoms with van der Waals surface area (Å²) in [7, 11) is 0. The minimum absolute atomic E-state index is 0.0365. The number of ether oxygens (including phenoxy) is 1. The van der Waals surface area contributed by atoms with Gasteiger partial charge >= 0.3 is 5.97 Å². The van der Waals surface area contributed by atoms with Gasteiger partial charge in [0.25, 0.3) is 0 Å². The molecule has 1 heterocycles. The molecular formula is C27H32O5. The molecule has 32 heavy (non-hydrogen) atoms. The number of carboxylic acids is 1. The summed E-state index contributed by atoms with van der Waals surface area (Å²) in [6.07, 6.45) is 2.88. The molecule has 0 saturated carbocycles. The molecule has 1 N–H and O–H groups in total. The fourth-order valence-corrected chi connectivity index (χ4v) is 3.75. The molecule has 170 valence electrons. The van der Waals surface area contributed by atoms with Gasteiger partial charge in [-0.2, -0.15) is 0 Å². The zero-order chi connectivity index (χ0) is 23.5. The van der Waals surface area contributed by atoms with Crippen molar-refractivity contribution >= 4 is 22.7 Å². The number of hydrogen-bond donors (Lipinski definition) is 1. The Kier molecular flexibility index (Phi) is 7.07. The molecule has 0 radical (unpaired) electrons. The van der Waals surface area contributed by atoms with Gasteiger partial charge in [-0.15, -0.1) is 0 Å². The van der Waals surface area contributed by atoms with E-state index in [4.69, 9.17) is 14.3 Å². The van der Waals surface area contributed by atoms with E-state index >= 15 is 0 Å². The molecule has 1 atom stereocenters. The molecule has 1 unspecified atom stereocenters. The van der Waals surface area contributed by atoms with E-state index in [1.165, 1.54) is 5.56 Å². The van der Waals surface area contributed by atoms with E-state index in [2.05, 4.69) is 19.1 Å². The summed E-state index contributed by atoms with van der Waals surface area (Å²) in [4.78, 5) is 23.3. The normalized spacial score (nSPS) is 12.7. The van der Waals surface area contributed by atoms with Crippen molar-refractivity contribution in [3.8, 4) is 5.75 Å². The van der Waals surface area contributed by atoms with Crippen LogP contribution in [0.15, 0.2) is 46.9 Å². The van der Waals surface area contributed by atoms with Crippen LogP contribution in [0.1, 0.15) is 73.7 Å². The topological polar surface area (TPSA) is 76.7 Å². The Hall–Kier alpha value is -3.08. The second-order valence-electron chi connectivity index (χ2n) is 9.42. The number of carbonyl (C=O) groups excluding carboxylic acids is 1. The fourth-order valence-electron chi connectivity index (χ4n) is 3.75. The number of carboxylic acid groups (broad SMARTS) is 1. The number of carbonyl (C=O) groups is 2. The molecule has 0 fully saturated rings. The molecule has 5 nitrogen and oxygen atoms in total. The molecule has 3 aromatic rings. The smallest absolute Gasteiger partial charge is 0.371 e. The van der Waals surface area contributed by atoms with Crippen LogP contribution in [0.4, 0.5) is 0 Å². The number of aryl methyl sites for hydroxylation is 2. The zero-order valence-corrected chi connectivity index (χ0v) is 19.5. The first-order chi connectivity index (χ1) is 15.1. The lowest BCUT2D eigenvalue weighted by atomic mass is 9.89. The third-order valence-electron chi connectivity index (χ3n) is 5.93. The van der Waals surface area contributed by atoms with Crippen molar-refractivity contribution in [2.75, 3.05) is 6.61 Å². The Morgan fingerprint density at radius 3 is 2.47 bits per heavy atom. The van der Waals surface area contributed by atoms with E-state index in [0.717, 1.165) is 41.5 Å². The lowest BCUT2D eigenvalue weighted by Crippen LogP contribution is -2.26. The summed E-state index contributed by atoms with van der Waals surface area (Å²) in [5.74, 6) is 0.136. The standard InChI is InChI=1S/C27H32O5/c1-6-19(9-7-18-8-11-23-21(14-18)15-24(32-23)26(29)30)20-10-12-22(17(2)13-20)31-16-25(28)27(3,4)5/h8,10-15,19H,6-7,9,16H2,1-5H3,(H,29,30). The number of aromatic carboxylic acids is 1. The van der Waals surface area contributed by atoms with Gasteiger partial charge in [-0.25, -0.2) is 4.79 Å². The van der Waals surface area contributed by atoms with Crippen molar-refractivity contribution in [2.24, 2.45) is 5.41 Å². The largest absolute Gasteiger partial charge is 0.486 e. The minimum Gasteiger partial charge on any atom is -0.486 e. The van der Waals surface area contributed by atoms with Crippen LogP contribution in [-0.4, -0.2) is 23.5 Å². The van der Waals surface area contributed by atoms with Crippen LogP contribution in [0.3, 0.4) is 0 Å². The number of fused-ring (bicyclic) bond motifs is 1. The van der Waals surface area contributed by atoms with Crippen molar-refractivity contribution < 1.29 is 23.8 Å². The number of Topliss-reactive ketones (excluding diaryl/α,β-unsaturated/α-hetero) is 1. The predicted octanol–water partition coefficient (Wildman–Crippen LogP) is 6.56. The highest BCUT2D eigenvalue weighted by Crippen LogP contribution is 2.30. The summed E-state index contributed by atoms with van der Waals surface area (Å²) in [6, 6.07) is 13.6. The van der Waals surface area contributed by atoms with E-state index in [0.29, 0.717) is 11.5 Å². The van der Waals surface area contributed by atoms with E-state index in [9.17, 15) is 9.59 Å². The van der Waals surface area contributed by atoms with Crippen molar-refractivity contribution in [2.45, 2.75) is 59.8 Å². The molecule has 2 aromatic carbocycles. The van der Waals surface area contributed by atoms with Gasteiger partial charge in [-0.1, -0.05) is 45.9 Å². The summed E-state index contributed by atoms with van der Waals surface area (Å²) < 4.78 is 11.1. The van der Waals surface area contributed by atoms with Gasteiger partial charge in [0.05, 0.1) is 0 Å². The van der Waals surface area contributed by atoms with Crippen LogP contribution in [0.2, 0.25) is 0 Å². The van der Waals surface area contributed by atoms with Gasteiger partial charge in [0, 0.05) is 10.8 Å². The number of hydrogen-bond acceptors (Lipinski definition) is 4. The molecule has 0 aliphatic rings. The third kappa shape index (κ3) is 5.58. The quantitative estimate of drug-likeness (QED) is 0.411.